The van der Waals surface area contributed by atoms with Gasteiger partial charge in [0.2, 0.25) is 6.41 Å². The Morgan fingerprint density at radius 3 is 2.42 bits per heavy atom. The lowest BCUT2D eigenvalue weighted by Gasteiger charge is -2.25. The number of hydrogen-bond acceptors (Lipinski definition) is 6. The maximum absolute atomic E-state index is 12.9. The van der Waals surface area contributed by atoms with Gasteiger partial charge in [-0.1, -0.05) is 40.0 Å². The van der Waals surface area contributed by atoms with Gasteiger partial charge in [0.25, 0.3) is 0 Å². The van der Waals surface area contributed by atoms with E-state index in [0.29, 0.717) is 23.5 Å². The van der Waals surface area contributed by atoms with Crippen LogP contribution in [0.5, 0.6) is 0 Å². The highest BCUT2D eigenvalue weighted by atomic mass is 32.1. The van der Waals surface area contributed by atoms with Crippen LogP contribution >= 0.6 is 12.6 Å². The van der Waals surface area contributed by atoms with Crippen LogP contribution in [0.1, 0.15) is 75.6 Å². The molecule has 1 amide bonds. The first-order valence-electron chi connectivity index (χ1n) is 12.3. The number of halogens is 3. The van der Waals surface area contributed by atoms with Gasteiger partial charge in [0.1, 0.15) is 0 Å². The smallest absolute Gasteiger partial charge is 0.396 e. The standard InChI is InChI=1S/C24H29F3N4O2S.C2H6/c1-15-10-20(19-9-8-18(11-28-19)24(25,26)27)30-22(17-6-4-3-5-7-17)21(15)29-13-31(14-33)23(34)16(2)12-32;1-2/h8-11,13-14,16-17,23,32,34H,3-7,12H2,1-2H3;1-2H3. The Bertz CT molecular complexity index is 1010. The number of aliphatic hydroxyl groups excluding tert-OH is 1. The molecule has 1 aliphatic rings. The Morgan fingerprint density at radius 1 is 1.22 bits per heavy atom. The molecule has 198 valence electrons. The van der Waals surface area contributed by atoms with Crippen molar-refractivity contribution >= 4 is 31.1 Å². The Hall–Kier alpha value is -2.46. The number of carbonyl (C=O) groups is 1. The van der Waals surface area contributed by atoms with Crippen molar-refractivity contribution in [3.8, 4) is 11.4 Å². The van der Waals surface area contributed by atoms with Gasteiger partial charge in [-0.2, -0.15) is 25.8 Å². The number of rotatable bonds is 8. The lowest BCUT2D eigenvalue weighted by atomic mass is 9.85. The largest absolute Gasteiger partial charge is 0.417 e. The van der Waals surface area contributed by atoms with Crippen LogP contribution in [0, 0.1) is 12.8 Å². The first kappa shape index (κ1) is 29.8. The molecule has 0 saturated heterocycles. The highest BCUT2D eigenvalue weighted by Gasteiger charge is 2.31. The third-order valence-corrected chi connectivity index (χ3v) is 6.88. The van der Waals surface area contributed by atoms with Gasteiger partial charge < -0.3 is 5.11 Å². The molecule has 2 aromatic heterocycles. The van der Waals surface area contributed by atoms with Crippen LogP contribution in [0.4, 0.5) is 18.9 Å². The second kappa shape index (κ2) is 13.7. The van der Waals surface area contributed by atoms with Crippen LogP contribution in [0.2, 0.25) is 0 Å². The molecule has 10 heteroatoms. The van der Waals surface area contributed by atoms with Crippen LogP contribution in [0.3, 0.4) is 0 Å². The van der Waals surface area contributed by atoms with Gasteiger partial charge in [-0.05, 0) is 43.5 Å². The fourth-order valence-electron chi connectivity index (χ4n) is 4.03. The number of alkyl halides is 3. The van der Waals surface area contributed by atoms with Crippen molar-refractivity contribution < 1.29 is 23.1 Å². The van der Waals surface area contributed by atoms with Crippen LogP contribution in [0.25, 0.3) is 11.4 Å². The number of aryl methyl sites for hydroxylation is 1. The lowest BCUT2D eigenvalue weighted by Crippen LogP contribution is -2.35. The summed E-state index contributed by atoms with van der Waals surface area (Å²) in [7, 11) is 0. The summed E-state index contributed by atoms with van der Waals surface area (Å²) >= 11 is 4.41. The van der Waals surface area contributed by atoms with Gasteiger partial charge >= 0.3 is 6.18 Å². The minimum atomic E-state index is -4.45. The monoisotopic (exact) mass is 524 g/mol. The van der Waals surface area contributed by atoms with Crippen molar-refractivity contribution in [2.45, 2.75) is 77.3 Å². The van der Waals surface area contributed by atoms with E-state index in [4.69, 9.17) is 4.98 Å². The van der Waals surface area contributed by atoms with E-state index in [-0.39, 0.29) is 18.4 Å². The number of hydrogen-bond donors (Lipinski definition) is 2. The predicted octanol–water partition coefficient (Wildman–Crippen LogP) is 6.55. The fourth-order valence-corrected chi connectivity index (χ4v) is 4.24. The molecule has 2 atom stereocenters. The number of aliphatic imine (C=N–C) groups is 1. The summed E-state index contributed by atoms with van der Waals surface area (Å²) in [5, 5.41) is 8.83. The lowest BCUT2D eigenvalue weighted by molar-refractivity contribution is -0.137. The molecular formula is C26H35F3N4O2S. The normalized spacial score (nSPS) is 16.2. The molecular weight excluding hydrogens is 489 g/mol. The molecule has 0 aromatic carbocycles. The number of aromatic nitrogens is 2. The molecule has 36 heavy (non-hydrogen) atoms. The van der Waals surface area contributed by atoms with Crippen LogP contribution in [-0.4, -0.2) is 44.7 Å². The molecule has 1 fully saturated rings. The molecule has 0 bridgehead atoms. The Morgan fingerprint density at radius 2 is 1.89 bits per heavy atom. The van der Waals surface area contributed by atoms with E-state index < -0.39 is 17.1 Å². The molecule has 0 aliphatic heterocycles. The molecule has 1 aliphatic carbocycles. The number of nitrogens with zero attached hydrogens (tertiary/aromatic N) is 4. The summed E-state index contributed by atoms with van der Waals surface area (Å²) in [4.78, 5) is 26.3. The number of carbonyl (C=O) groups excluding carboxylic acids is 1. The van der Waals surface area contributed by atoms with E-state index in [1.807, 2.05) is 20.8 Å². The number of pyridine rings is 2. The zero-order valence-corrected chi connectivity index (χ0v) is 22.1. The summed E-state index contributed by atoms with van der Waals surface area (Å²) in [6, 6.07) is 4.07. The maximum atomic E-state index is 12.9. The molecule has 2 unspecified atom stereocenters. The van der Waals surface area contributed by atoms with E-state index in [1.54, 1.807) is 13.0 Å². The molecule has 6 nitrogen and oxygen atoms in total. The molecule has 1 N–H and O–H groups in total. The molecule has 0 radical (unpaired) electrons. The van der Waals surface area contributed by atoms with Gasteiger partial charge in [0.05, 0.1) is 40.0 Å². The summed E-state index contributed by atoms with van der Waals surface area (Å²) < 4.78 is 38.8. The van der Waals surface area contributed by atoms with Crippen molar-refractivity contribution in [1.82, 2.24) is 14.9 Å². The van der Waals surface area contributed by atoms with Crippen molar-refractivity contribution in [2.24, 2.45) is 10.9 Å². The molecule has 1 saturated carbocycles. The summed E-state index contributed by atoms with van der Waals surface area (Å²) in [6.45, 7) is 7.50. The van der Waals surface area contributed by atoms with E-state index >= 15 is 0 Å². The summed E-state index contributed by atoms with van der Waals surface area (Å²) in [6.07, 6.45) is 3.50. The van der Waals surface area contributed by atoms with E-state index in [0.717, 1.165) is 55.6 Å². The second-order valence-corrected chi connectivity index (χ2v) is 9.22. The van der Waals surface area contributed by atoms with Crippen molar-refractivity contribution in [1.29, 1.82) is 0 Å². The van der Waals surface area contributed by atoms with Crippen LogP contribution < -0.4 is 0 Å². The van der Waals surface area contributed by atoms with Crippen molar-refractivity contribution in [3.05, 3.63) is 41.2 Å². The zero-order chi connectivity index (χ0) is 26.9. The van der Waals surface area contributed by atoms with Gasteiger partial charge in [-0.3, -0.25) is 14.7 Å². The zero-order valence-electron chi connectivity index (χ0n) is 21.2. The Labute approximate surface area is 216 Å². The average Bonchev–Trinajstić information content (AvgIpc) is 2.90. The molecule has 3 rings (SSSR count). The SMILES string of the molecule is CC.Cc1cc(-c2ccc(C(F)(F)F)cn2)nc(C2CCCCC2)c1N=CN(C=O)C(S)C(C)CO. The Kier molecular flexibility index (Phi) is 11.4. The first-order valence-corrected chi connectivity index (χ1v) is 12.8. The van der Waals surface area contributed by atoms with Crippen LogP contribution in [0.15, 0.2) is 29.4 Å². The number of thiol groups is 1. The second-order valence-electron chi connectivity index (χ2n) is 8.69. The first-order chi connectivity index (χ1) is 17.2. The van der Waals surface area contributed by atoms with Gasteiger partial charge in [-0.25, -0.2) is 9.98 Å². The van der Waals surface area contributed by atoms with E-state index in [1.165, 1.54) is 17.3 Å². The maximum Gasteiger partial charge on any atom is 0.417 e. The minimum Gasteiger partial charge on any atom is -0.396 e. The third-order valence-electron chi connectivity index (χ3n) is 6.10. The van der Waals surface area contributed by atoms with Crippen molar-refractivity contribution in [2.75, 3.05) is 6.61 Å². The highest BCUT2D eigenvalue weighted by molar-refractivity contribution is 7.80. The fraction of sp³-hybridized carbons (Fsp3) is 0.538. The van der Waals surface area contributed by atoms with Crippen LogP contribution in [-0.2, 0) is 11.0 Å². The third kappa shape index (κ3) is 7.52. The van der Waals surface area contributed by atoms with Crippen molar-refractivity contribution in [3.63, 3.8) is 0 Å². The number of amides is 1. The quantitative estimate of drug-likeness (QED) is 0.135. The molecule has 2 heterocycles. The average molecular weight is 525 g/mol. The predicted molar refractivity (Wildman–Crippen MR) is 139 cm³/mol. The van der Waals surface area contributed by atoms with E-state index in [9.17, 15) is 23.1 Å². The van der Waals surface area contributed by atoms with E-state index in [2.05, 4.69) is 22.6 Å². The van der Waals surface area contributed by atoms with Gasteiger partial charge in [0, 0.05) is 24.6 Å². The molecule has 0 spiro atoms. The molecule has 2 aromatic rings. The topological polar surface area (TPSA) is 78.7 Å². The Balaban J connectivity index is 0.00000222. The van der Waals surface area contributed by atoms with Gasteiger partial charge in [0.15, 0.2) is 0 Å². The summed E-state index contributed by atoms with van der Waals surface area (Å²) in [5.74, 6) is -0.105. The minimum absolute atomic E-state index is 0.130. The summed E-state index contributed by atoms with van der Waals surface area (Å²) in [5.41, 5.74) is 2.19. The number of aliphatic hydroxyl groups is 1. The van der Waals surface area contributed by atoms with Gasteiger partial charge in [-0.15, -0.1) is 0 Å². The highest BCUT2D eigenvalue weighted by Crippen LogP contribution is 2.39.